The highest BCUT2D eigenvalue weighted by Crippen LogP contribution is 2.41. The van der Waals surface area contributed by atoms with E-state index in [0.717, 1.165) is 12.0 Å². The largest absolute Gasteiger partial charge is 0.381 e. The number of hydrogen-bond donors (Lipinski definition) is 0. The minimum Gasteiger partial charge on any atom is -0.381 e. The van der Waals surface area contributed by atoms with E-state index in [-0.39, 0.29) is 0 Å². The lowest BCUT2D eigenvalue weighted by molar-refractivity contribution is 0.0180. The van der Waals surface area contributed by atoms with Crippen LogP contribution >= 0.6 is 0 Å². The van der Waals surface area contributed by atoms with Crippen molar-refractivity contribution < 1.29 is 4.74 Å². The van der Waals surface area contributed by atoms with E-state index in [1.807, 2.05) is 7.11 Å². The number of ether oxygens (including phenoxy) is 1. The molecule has 4 nitrogen and oxygen atoms in total. The first-order chi connectivity index (χ1) is 12.8. The number of likely N-dealkylation sites (tertiary alicyclic amines) is 1. The molecule has 5 rings (SSSR count). The minimum absolute atomic E-state index is 0.474. The number of aromatic nitrogens is 2. The average molecular weight is 354 g/mol. The molecule has 1 aromatic carbocycles. The van der Waals surface area contributed by atoms with E-state index in [0.29, 0.717) is 12.1 Å². The Labute approximate surface area is 156 Å². The van der Waals surface area contributed by atoms with Gasteiger partial charge in [0.2, 0.25) is 0 Å². The standard InChI is InChI=1S/C22H31N3O/c1-26-21-4-2-3-20(14-21)24-11-9-19(10-12-24)25-22-8-7-17(16-5-6-16)13-18(22)15-23-25/h7-8,13,15-16,19-21H,2-6,9-12,14H2,1H3/t20-,21-/m0/s1. The predicted molar refractivity (Wildman–Crippen MR) is 105 cm³/mol. The second-order valence-electron chi connectivity index (χ2n) is 8.63. The van der Waals surface area contributed by atoms with Gasteiger partial charge in [-0.05, 0) is 75.0 Å². The number of rotatable bonds is 4. The third-order valence-corrected chi connectivity index (χ3v) is 6.96. The van der Waals surface area contributed by atoms with Gasteiger partial charge in [0.1, 0.15) is 0 Å². The molecule has 1 aliphatic heterocycles. The van der Waals surface area contributed by atoms with Gasteiger partial charge in [-0.1, -0.05) is 6.07 Å². The average Bonchev–Trinajstić information content (AvgIpc) is 3.47. The molecular formula is C22H31N3O. The van der Waals surface area contributed by atoms with Crippen LogP contribution in [0.15, 0.2) is 24.4 Å². The van der Waals surface area contributed by atoms with Crippen LogP contribution in [0, 0.1) is 0 Å². The molecule has 2 aromatic rings. The first kappa shape index (κ1) is 16.8. The molecule has 0 spiro atoms. The van der Waals surface area contributed by atoms with E-state index in [4.69, 9.17) is 9.84 Å². The Kier molecular flexibility index (Phi) is 4.49. The van der Waals surface area contributed by atoms with Gasteiger partial charge in [0.05, 0.1) is 23.9 Å². The maximum Gasteiger partial charge on any atom is 0.0685 e. The summed E-state index contributed by atoms with van der Waals surface area (Å²) in [5, 5.41) is 6.11. The molecular weight excluding hydrogens is 322 g/mol. The van der Waals surface area contributed by atoms with Crippen molar-refractivity contribution in [2.45, 2.75) is 75.5 Å². The number of methoxy groups -OCH3 is 1. The molecule has 26 heavy (non-hydrogen) atoms. The molecule has 2 atom stereocenters. The summed E-state index contributed by atoms with van der Waals surface area (Å²) in [4.78, 5) is 2.72. The van der Waals surface area contributed by atoms with Crippen LogP contribution in [0.1, 0.15) is 68.9 Å². The highest BCUT2D eigenvalue weighted by Gasteiger charge is 2.31. The second kappa shape index (κ2) is 6.97. The lowest BCUT2D eigenvalue weighted by atomic mass is 9.90. The summed E-state index contributed by atoms with van der Waals surface area (Å²) in [6, 6.07) is 8.30. The van der Waals surface area contributed by atoms with Gasteiger partial charge in [0.15, 0.2) is 0 Å². The quantitative estimate of drug-likeness (QED) is 0.810. The molecule has 0 amide bonds. The number of piperidine rings is 1. The van der Waals surface area contributed by atoms with Gasteiger partial charge in [-0.3, -0.25) is 4.68 Å². The van der Waals surface area contributed by atoms with E-state index in [1.54, 1.807) is 0 Å². The van der Waals surface area contributed by atoms with Crippen LogP contribution in [-0.2, 0) is 4.74 Å². The van der Waals surface area contributed by atoms with E-state index in [9.17, 15) is 0 Å². The summed E-state index contributed by atoms with van der Waals surface area (Å²) >= 11 is 0. The van der Waals surface area contributed by atoms with E-state index >= 15 is 0 Å². The Bertz CT molecular complexity index is 758. The van der Waals surface area contributed by atoms with Crippen LogP contribution in [0.25, 0.3) is 10.9 Å². The van der Waals surface area contributed by atoms with E-state index < -0.39 is 0 Å². The fourth-order valence-electron chi connectivity index (χ4n) is 5.19. The normalized spacial score (nSPS) is 28.7. The topological polar surface area (TPSA) is 30.3 Å². The van der Waals surface area contributed by atoms with E-state index in [2.05, 4.69) is 34.0 Å². The van der Waals surface area contributed by atoms with Gasteiger partial charge in [-0.25, -0.2) is 0 Å². The fourth-order valence-corrected chi connectivity index (χ4v) is 5.19. The second-order valence-corrected chi connectivity index (χ2v) is 8.63. The summed E-state index contributed by atoms with van der Waals surface area (Å²) in [6.45, 7) is 2.40. The molecule has 1 saturated heterocycles. The van der Waals surface area contributed by atoms with Gasteiger partial charge in [-0.15, -0.1) is 0 Å². The lowest BCUT2D eigenvalue weighted by Gasteiger charge is -2.41. The van der Waals surface area contributed by atoms with Crippen molar-refractivity contribution in [1.82, 2.24) is 14.7 Å². The van der Waals surface area contributed by atoms with Crippen molar-refractivity contribution in [1.29, 1.82) is 0 Å². The van der Waals surface area contributed by atoms with Crippen LogP contribution in [0.4, 0.5) is 0 Å². The zero-order valence-electron chi connectivity index (χ0n) is 15.9. The summed E-state index contributed by atoms with van der Waals surface area (Å²) in [5.74, 6) is 0.817. The third kappa shape index (κ3) is 3.18. The van der Waals surface area contributed by atoms with Crippen LogP contribution < -0.4 is 0 Å². The molecule has 3 fully saturated rings. The number of fused-ring (bicyclic) bond motifs is 1. The molecule has 2 aliphatic carbocycles. The molecule has 3 aliphatic rings. The van der Waals surface area contributed by atoms with Crippen molar-refractivity contribution in [3.05, 3.63) is 30.0 Å². The summed E-state index contributed by atoms with van der Waals surface area (Å²) in [5.41, 5.74) is 2.84. The number of hydrogen-bond acceptors (Lipinski definition) is 3. The zero-order chi connectivity index (χ0) is 17.5. The molecule has 0 unspecified atom stereocenters. The minimum atomic E-state index is 0.474. The Morgan fingerprint density at radius 3 is 2.62 bits per heavy atom. The first-order valence-corrected chi connectivity index (χ1v) is 10.6. The summed E-state index contributed by atoms with van der Waals surface area (Å²) in [7, 11) is 1.87. The molecule has 140 valence electrons. The van der Waals surface area contributed by atoms with Gasteiger partial charge in [0.25, 0.3) is 0 Å². The lowest BCUT2D eigenvalue weighted by Crippen LogP contribution is -2.45. The highest BCUT2D eigenvalue weighted by molar-refractivity contribution is 5.79. The summed E-state index contributed by atoms with van der Waals surface area (Å²) in [6.07, 6.45) is 12.8. The Balaban J connectivity index is 1.26. The Morgan fingerprint density at radius 1 is 1.00 bits per heavy atom. The molecule has 0 N–H and O–H groups in total. The van der Waals surface area contributed by atoms with E-state index in [1.165, 1.54) is 80.9 Å². The third-order valence-electron chi connectivity index (χ3n) is 6.96. The van der Waals surface area contributed by atoms with Gasteiger partial charge in [-0.2, -0.15) is 5.10 Å². The molecule has 2 heterocycles. The van der Waals surface area contributed by atoms with Crippen LogP contribution in [0.3, 0.4) is 0 Å². The predicted octanol–water partition coefficient (Wildman–Crippen LogP) is 4.51. The van der Waals surface area contributed by atoms with Crippen LogP contribution in [0.5, 0.6) is 0 Å². The molecule has 4 heteroatoms. The fraction of sp³-hybridized carbons (Fsp3) is 0.682. The smallest absolute Gasteiger partial charge is 0.0685 e. The van der Waals surface area contributed by atoms with Gasteiger partial charge in [0, 0.05) is 31.6 Å². The molecule has 0 bridgehead atoms. The van der Waals surface area contributed by atoms with Gasteiger partial charge >= 0.3 is 0 Å². The van der Waals surface area contributed by atoms with Crippen molar-refractivity contribution in [3.8, 4) is 0 Å². The first-order valence-electron chi connectivity index (χ1n) is 10.6. The number of benzene rings is 1. The maximum absolute atomic E-state index is 5.63. The summed E-state index contributed by atoms with van der Waals surface area (Å²) < 4.78 is 7.94. The van der Waals surface area contributed by atoms with Crippen molar-refractivity contribution in [2.24, 2.45) is 0 Å². The van der Waals surface area contributed by atoms with Crippen molar-refractivity contribution in [3.63, 3.8) is 0 Å². The van der Waals surface area contributed by atoms with Crippen LogP contribution in [-0.4, -0.2) is 47.0 Å². The SMILES string of the molecule is CO[C@H]1CCC[C@H](N2CCC(n3ncc4cc(C5CC5)ccc43)CC2)C1. The van der Waals surface area contributed by atoms with Crippen molar-refractivity contribution >= 4 is 10.9 Å². The zero-order valence-corrected chi connectivity index (χ0v) is 15.9. The van der Waals surface area contributed by atoms with Gasteiger partial charge < -0.3 is 9.64 Å². The van der Waals surface area contributed by atoms with Crippen LogP contribution in [0.2, 0.25) is 0 Å². The molecule has 1 aromatic heterocycles. The highest BCUT2D eigenvalue weighted by atomic mass is 16.5. The Morgan fingerprint density at radius 2 is 1.85 bits per heavy atom. The monoisotopic (exact) mass is 353 g/mol. The molecule has 2 saturated carbocycles. The Hall–Kier alpha value is -1.39. The van der Waals surface area contributed by atoms with Crippen molar-refractivity contribution in [2.75, 3.05) is 20.2 Å². The maximum atomic E-state index is 5.63. The molecule has 0 radical (unpaired) electrons. The number of nitrogens with zero attached hydrogens (tertiary/aromatic N) is 3.